The molecule has 0 aromatic carbocycles. The van der Waals surface area contributed by atoms with Crippen LogP contribution in [0.5, 0.6) is 0 Å². The molecule has 0 unspecified atom stereocenters. The van der Waals surface area contributed by atoms with E-state index in [4.69, 9.17) is 0 Å². The lowest BCUT2D eigenvalue weighted by Crippen LogP contribution is -2.27. The van der Waals surface area contributed by atoms with E-state index in [-0.39, 0.29) is 8.94 Å². The summed E-state index contributed by atoms with van der Waals surface area (Å²) in [7, 11) is 0. The fourth-order valence-electron chi connectivity index (χ4n) is 0.223. The van der Waals surface area contributed by atoms with E-state index < -0.39 is 6.03 Å². The van der Waals surface area contributed by atoms with Gasteiger partial charge in [0.05, 0.1) is 0 Å². The molecule has 0 aromatic rings. The second-order valence-corrected chi connectivity index (χ2v) is 2.56. The third-order valence-electron chi connectivity index (χ3n) is 0.644. The van der Waals surface area contributed by atoms with Crippen LogP contribution >= 0.6 is 23.9 Å². The van der Waals surface area contributed by atoms with Crippen molar-refractivity contribution in [3.8, 4) is 0 Å². The van der Waals surface area contributed by atoms with E-state index in [1.54, 1.807) is 0 Å². The maximum atomic E-state index is 10.5. The molecule has 0 heterocycles. The smallest absolute Gasteiger partial charge is 0.318 e. The van der Waals surface area contributed by atoms with E-state index in [0.29, 0.717) is 23.9 Å². The van der Waals surface area contributed by atoms with Gasteiger partial charge in [-0.2, -0.15) is 0 Å². The van der Waals surface area contributed by atoms with Crippen LogP contribution in [0.3, 0.4) is 0 Å². The van der Waals surface area contributed by atoms with Crippen LogP contribution in [0.2, 0.25) is 0 Å². The van der Waals surface area contributed by atoms with Gasteiger partial charge in [-0.05, 0) is 0 Å². The highest BCUT2D eigenvalue weighted by Gasteiger charge is 2.02. The van der Waals surface area contributed by atoms with Crippen molar-refractivity contribution in [2.75, 3.05) is 12.5 Å². The maximum absolute atomic E-state index is 10.5. The van der Waals surface area contributed by atoms with Crippen molar-refractivity contribution >= 4 is 29.9 Å². The molecule has 2 amide bonds. The molecular formula is C3H6N2O3S2-2. The minimum absolute atomic E-state index is 0.0174. The first-order valence-electron chi connectivity index (χ1n) is 2.20. The molecule has 0 saturated carbocycles. The predicted octanol–water partition coefficient (Wildman–Crippen LogP) is 1.26. The molecule has 0 aromatic heterocycles. The number of carbonyl (C=O) groups excluding carboxylic acids is 1. The summed E-state index contributed by atoms with van der Waals surface area (Å²) in [6.07, 6.45) is 2.83. The molecule has 0 atom stereocenters. The molecule has 5 nitrogen and oxygen atoms in total. The highest BCUT2D eigenvalue weighted by Crippen LogP contribution is 2.11. The Hall–Kier alpha value is -0.110. The Balaban J connectivity index is 3.82. The number of rotatable bonds is 2. The largest absolute Gasteiger partial charge is 0.745 e. The molecule has 0 spiro atoms. The van der Waals surface area contributed by atoms with Gasteiger partial charge in [0.15, 0.2) is 0 Å². The third kappa shape index (κ3) is 2.65. The average molecular weight is 182 g/mol. The van der Waals surface area contributed by atoms with Crippen molar-refractivity contribution in [1.82, 2.24) is 8.94 Å². The number of hydrogen-bond acceptors (Lipinski definition) is 5. The van der Waals surface area contributed by atoms with Crippen molar-refractivity contribution in [3.63, 3.8) is 0 Å². The van der Waals surface area contributed by atoms with E-state index in [2.05, 4.69) is 0 Å². The second-order valence-electron chi connectivity index (χ2n) is 1.16. The summed E-state index contributed by atoms with van der Waals surface area (Å²) in [5.41, 5.74) is 0. The summed E-state index contributed by atoms with van der Waals surface area (Å²) in [5, 5.41) is 20.8. The van der Waals surface area contributed by atoms with E-state index in [9.17, 15) is 15.2 Å². The van der Waals surface area contributed by atoms with Crippen molar-refractivity contribution < 1.29 is 4.79 Å². The lowest BCUT2D eigenvalue weighted by atomic mass is 11.1. The Morgan fingerprint density at radius 2 is 1.50 bits per heavy atom. The van der Waals surface area contributed by atoms with Gasteiger partial charge >= 0.3 is 6.03 Å². The molecule has 0 fully saturated rings. The first kappa shape index (κ1) is 9.89. The average Bonchev–Trinajstić information content (AvgIpc) is 2.00. The highest BCUT2D eigenvalue weighted by molar-refractivity contribution is 7.98. The van der Waals surface area contributed by atoms with Crippen molar-refractivity contribution in [3.05, 3.63) is 10.4 Å². The van der Waals surface area contributed by atoms with Gasteiger partial charge in [0.2, 0.25) is 0 Å². The van der Waals surface area contributed by atoms with Gasteiger partial charge in [-0.25, -0.2) is 4.79 Å². The molecule has 0 radical (unpaired) electrons. The minimum atomic E-state index is -1.10. The summed E-state index contributed by atoms with van der Waals surface area (Å²) in [4.78, 5) is 10.5. The molecular weight excluding hydrogens is 176 g/mol. The molecule has 7 heteroatoms. The van der Waals surface area contributed by atoms with Gasteiger partial charge in [0.25, 0.3) is 0 Å². The molecule has 0 aliphatic rings. The van der Waals surface area contributed by atoms with E-state index in [1.807, 2.05) is 0 Å². The van der Waals surface area contributed by atoms with E-state index >= 15 is 0 Å². The first-order valence-corrected chi connectivity index (χ1v) is 4.56. The van der Waals surface area contributed by atoms with Crippen LogP contribution in [-0.4, -0.2) is 27.5 Å². The molecule has 0 aliphatic heterocycles. The summed E-state index contributed by atoms with van der Waals surface area (Å²) in [6.45, 7) is 0. The van der Waals surface area contributed by atoms with Gasteiger partial charge in [-0.15, -0.1) is 0 Å². The normalized spacial score (nSPS) is 9.20. The van der Waals surface area contributed by atoms with Crippen LogP contribution in [0.15, 0.2) is 0 Å². The summed E-state index contributed by atoms with van der Waals surface area (Å²) in [6, 6.07) is -1.10. The molecule has 60 valence electrons. The Labute approximate surface area is 67.2 Å². The number of carbonyl (C=O) groups is 1. The number of hydrogen-bond donors (Lipinski definition) is 0. The van der Waals surface area contributed by atoms with Crippen molar-refractivity contribution in [1.29, 1.82) is 0 Å². The van der Waals surface area contributed by atoms with Gasteiger partial charge in [0, 0.05) is 12.5 Å². The van der Waals surface area contributed by atoms with Crippen molar-refractivity contribution in [2.45, 2.75) is 0 Å². The number of amides is 2. The van der Waals surface area contributed by atoms with Gasteiger partial charge in [-0.3, -0.25) is 0 Å². The zero-order chi connectivity index (χ0) is 8.15. The minimum Gasteiger partial charge on any atom is -0.745 e. The zero-order valence-corrected chi connectivity index (χ0v) is 7.07. The van der Waals surface area contributed by atoms with Gasteiger partial charge < -0.3 is 19.4 Å². The lowest BCUT2D eigenvalue weighted by molar-refractivity contribution is 0.225. The van der Waals surface area contributed by atoms with Crippen LogP contribution in [-0.2, 0) is 0 Å². The van der Waals surface area contributed by atoms with Crippen LogP contribution in [0.1, 0.15) is 0 Å². The highest BCUT2D eigenvalue weighted by atomic mass is 32.2. The standard InChI is InChI=1S/C3H6N2O3S2/c1-9-4(7)3(6)5(8)10-2/h1-2H3/q-2. The van der Waals surface area contributed by atoms with Crippen LogP contribution in [0.25, 0.3) is 0 Å². The monoisotopic (exact) mass is 182 g/mol. The Kier molecular flexibility index (Phi) is 4.62. The van der Waals surface area contributed by atoms with Gasteiger partial charge in [-0.1, -0.05) is 23.9 Å². The molecule has 0 aliphatic carbocycles. The maximum Gasteiger partial charge on any atom is 0.318 e. The number of urea groups is 1. The summed E-state index contributed by atoms with van der Waals surface area (Å²) >= 11 is 1.30. The second kappa shape index (κ2) is 4.67. The predicted molar refractivity (Wildman–Crippen MR) is 42.8 cm³/mol. The Bertz CT molecular complexity index is 110. The molecule has 0 bridgehead atoms. The quantitative estimate of drug-likeness (QED) is 0.475. The van der Waals surface area contributed by atoms with E-state index in [0.717, 1.165) is 0 Å². The zero-order valence-electron chi connectivity index (χ0n) is 5.44. The SMILES string of the molecule is CSN([O-])C(=O)N([O-])SC. The Morgan fingerprint density at radius 3 is 1.70 bits per heavy atom. The van der Waals surface area contributed by atoms with Crippen molar-refractivity contribution in [2.24, 2.45) is 0 Å². The third-order valence-corrected chi connectivity index (χ3v) is 1.62. The summed E-state index contributed by atoms with van der Waals surface area (Å²) in [5.74, 6) is 0. The molecule has 0 N–H and O–H groups in total. The first-order chi connectivity index (χ1) is 4.63. The Morgan fingerprint density at radius 1 is 1.20 bits per heavy atom. The van der Waals surface area contributed by atoms with Crippen LogP contribution < -0.4 is 0 Å². The molecule has 10 heavy (non-hydrogen) atoms. The topological polar surface area (TPSA) is 69.7 Å². The number of nitrogens with zero attached hydrogens (tertiary/aromatic N) is 2. The molecule has 0 rings (SSSR count). The fourth-order valence-corrected chi connectivity index (χ4v) is 0.735. The lowest BCUT2D eigenvalue weighted by Gasteiger charge is -2.34. The summed E-state index contributed by atoms with van der Waals surface area (Å²) < 4.78 is 0.0347. The number of hydroxylamine groups is 2. The fraction of sp³-hybridized carbons (Fsp3) is 0.667. The van der Waals surface area contributed by atoms with Crippen LogP contribution in [0, 0.1) is 10.4 Å². The molecule has 0 saturated heterocycles. The van der Waals surface area contributed by atoms with Crippen LogP contribution in [0.4, 0.5) is 4.79 Å². The van der Waals surface area contributed by atoms with E-state index in [1.165, 1.54) is 12.5 Å². The van der Waals surface area contributed by atoms with Gasteiger partial charge in [0.1, 0.15) is 0 Å².